The average Bonchev–Trinajstić information content (AvgIpc) is 3.22. The summed E-state index contributed by atoms with van der Waals surface area (Å²) in [5, 5.41) is 3.75. The van der Waals surface area contributed by atoms with Crippen molar-refractivity contribution in [1.82, 2.24) is 15.2 Å². The van der Waals surface area contributed by atoms with Gasteiger partial charge in [0, 0.05) is 13.1 Å². The van der Waals surface area contributed by atoms with E-state index in [2.05, 4.69) is 10.3 Å². The van der Waals surface area contributed by atoms with Crippen molar-refractivity contribution in [3.05, 3.63) is 15.6 Å². The fourth-order valence-electron chi connectivity index (χ4n) is 2.71. The molecule has 1 unspecified atom stereocenters. The second-order valence-corrected chi connectivity index (χ2v) is 6.85. The molecule has 3 rings (SSSR count). The van der Waals surface area contributed by atoms with Gasteiger partial charge < -0.3 is 15.0 Å². The molecule has 7 heteroatoms. The third-order valence-corrected chi connectivity index (χ3v) is 5.28. The normalized spacial score (nSPS) is 21.6. The van der Waals surface area contributed by atoms with Crippen molar-refractivity contribution in [2.45, 2.75) is 39.2 Å². The molecular formula is C15H21N3O3S. The van der Waals surface area contributed by atoms with E-state index in [9.17, 15) is 9.59 Å². The van der Waals surface area contributed by atoms with E-state index in [1.54, 1.807) is 6.92 Å². The van der Waals surface area contributed by atoms with E-state index in [0.717, 1.165) is 18.0 Å². The third-order valence-electron chi connectivity index (χ3n) is 4.04. The summed E-state index contributed by atoms with van der Waals surface area (Å²) < 4.78 is 5.07. The molecular weight excluding hydrogens is 302 g/mol. The highest BCUT2D eigenvalue weighted by Gasteiger charge is 2.36. The van der Waals surface area contributed by atoms with Gasteiger partial charge in [-0.05, 0) is 39.0 Å². The number of amides is 2. The predicted octanol–water partition coefficient (Wildman–Crippen LogP) is 2.49. The van der Waals surface area contributed by atoms with Crippen LogP contribution in [0.15, 0.2) is 0 Å². The van der Waals surface area contributed by atoms with Crippen LogP contribution in [0.5, 0.6) is 0 Å². The smallest absolute Gasteiger partial charge is 0.350 e. The Morgan fingerprint density at radius 1 is 1.45 bits per heavy atom. The van der Waals surface area contributed by atoms with E-state index in [1.807, 2.05) is 11.8 Å². The maximum Gasteiger partial charge on any atom is 0.350 e. The van der Waals surface area contributed by atoms with Crippen LogP contribution in [-0.4, -0.2) is 41.6 Å². The molecule has 6 nitrogen and oxygen atoms in total. The summed E-state index contributed by atoms with van der Waals surface area (Å²) in [5.41, 5.74) is 0.691. The lowest BCUT2D eigenvalue weighted by molar-refractivity contribution is 0.0531. The molecule has 1 atom stereocenters. The van der Waals surface area contributed by atoms with Crippen molar-refractivity contribution >= 4 is 23.3 Å². The van der Waals surface area contributed by atoms with Crippen LogP contribution in [0.4, 0.5) is 4.79 Å². The van der Waals surface area contributed by atoms with Crippen LogP contribution in [0.3, 0.4) is 0 Å². The molecule has 0 bridgehead atoms. The van der Waals surface area contributed by atoms with Crippen LogP contribution in [-0.2, 0) is 4.74 Å². The first-order valence-corrected chi connectivity index (χ1v) is 8.60. The van der Waals surface area contributed by atoms with Crippen molar-refractivity contribution in [2.75, 3.05) is 19.7 Å². The first kappa shape index (κ1) is 15.3. The van der Waals surface area contributed by atoms with Crippen LogP contribution in [0.1, 0.15) is 52.6 Å². The lowest BCUT2D eigenvalue weighted by Gasteiger charge is -2.34. The molecule has 1 aliphatic carbocycles. The summed E-state index contributed by atoms with van der Waals surface area (Å²) in [6, 6.07) is -0.0464. The van der Waals surface area contributed by atoms with E-state index in [0.29, 0.717) is 29.6 Å². The summed E-state index contributed by atoms with van der Waals surface area (Å²) in [7, 11) is 0. The van der Waals surface area contributed by atoms with E-state index in [-0.39, 0.29) is 18.0 Å². The van der Waals surface area contributed by atoms with E-state index in [1.165, 1.54) is 24.2 Å². The quantitative estimate of drug-likeness (QED) is 0.845. The Hall–Kier alpha value is -1.63. The van der Waals surface area contributed by atoms with Gasteiger partial charge in [-0.2, -0.15) is 0 Å². The van der Waals surface area contributed by atoms with Gasteiger partial charge in [-0.15, -0.1) is 11.3 Å². The highest BCUT2D eigenvalue weighted by Crippen LogP contribution is 2.37. The fourth-order valence-corrected chi connectivity index (χ4v) is 3.81. The number of nitrogens with one attached hydrogen (secondary N) is 1. The number of aryl methyl sites for hydroxylation is 1. The zero-order valence-corrected chi connectivity index (χ0v) is 13.7. The monoisotopic (exact) mass is 323 g/mol. The topological polar surface area (TPSA) is 71.5 Å². The number of aromatic nitrogens is 1. The SMILES string of the molecule is CCOC(=O)c1sc(C2CCNC(=O)N2CC2CC2)nc1C. The van der Waals surface area contributed by atoms with Gasteiger partial charge in [0.15, 0.2) is 0 Å². The molecule has 0 radical (unpaired) electrons. The van der Waals surface area contributed by atoms with Gasteiger partial charge in [-0.3, -0.25) is 0 Å². The molecule has 1 saturated carbocycles. The van der Waals surface area contributed by atoms with Crippen LogP contribution in [0.25, 0.3) is 0 Å². The molecule has 2 fully saturated rings. The van der Waals surface area contributed by atoms with Crippen LogP contribution >= 0.6 is 11.3 Å². The number of carbonyl (C=O) groups excluding carboxylic acids is 2. The molecule has 1 saturated heterocycles. The Kier molecular flexibility index (Phi) is 4.33. The minimum absolute atomic E-state index is 0.0197. The first-order chi connectivity index (χ1) is 10.6. The molecule has 1 N–H and O–H groups in total. The lowest BCUT2D eigenvalue weighted by Crippen LogP contribution is -2.48. The Morgan fingerprint density at radius 3 is 2.91 bits per heavy atom. The minimum Gasteiger partial charge on any atom is -0.462 e. The number of nitrogens with zero attached hydrogens (tertiary/aromatic N) is 2. The second-order valence-electron chi connectivity index (χ2n) is 5.82. The minimum atomic E-state index is -0.322. The summed E-state index contributed by atoms with van der Waals surface area (Å²) in [5.74, 6) is 0.301. The number of urea groups is 1. The number of rotatable bonds is 5. The van der Waals surface area contributed by atoms with Crippen molar-refractivity contribution in [1.29, 1.82) is 0 Å². The molecule has 2 heterocycles. The van der Waals surface area contributed by atoms with Gasteiger partial charge in [0.2, 0.25) is 0 Å². The van der Waals surface area contributed by atoms with E-state index >= 15 is 0 Å². The van der Waals surface area contributed by atoms with Crippen molar-refractivity contribution in [2.24, 2.45) is 5.92 Å². The van der Waals surface area contributed by atoms with Crippen molar-refractivity contribution in [3.8, 4) is 0 Å². The number of hydrogen-bond acceptors (Lipinski definition) is 5. The maximum atomic E-state index is 12.2. The average molecular weight is 323 g/mol. The van der Waals surface area contributed by atoms with Crippen LogP contribution < -0.4 is 5.32 Å². The fraction of sp³-hybridized carbons (Fsp3) is 0.667. The largest absolute Gasteiger partial charge is 0.462 e. The Morgan fingerprint density at radius 2 is 2.23 bits per heavy atom. The number of esters is 1. The Bertz CT molecular complexity index is 583. The van der Waals surface area contributed by atoms with Crippen LogP contribution in [0, 0.1) is 12.8 Å². The summed E-state index contributed by atoms with van der Waals surface area (Å²) in [6.07, 6.45) is 3.22. The van der Waals surface area contributed by atoms with Crippen molar-refractivity contribution < 1.29 is 14.3 Å². The summed E-state index contributed by atoms with van der Waals surface area (Å²) in [6.45, 7) is 5.39. The number of thiazole rings is 1. The van der Waals surface area contributed by atoms with Gasteiger partial charge in [-0.25, -0.2) is 14.6 Å². The zero-order valence-electron chi connectivity index (χ0n) is 12.9. The van der Waals surface area contributed by atoms with Crippen LogP contribution in [0.2, 0.25) is 0 Å². The highest BCUT2D eigenvalue weighted by atomic mass is 32.1. The summed E-state index contributed by atoms with van der Waals surface area (Å²) in [4.78, 5) is 31.1. The first-order valence-electron chi connectivity index (χ1n) is 7.79. The zero-order chi connectivity index (χ0) is 15.7. The number of hydrogen-bond donors (Lipinski definition) is 1. The molecule has 1 aromatic rings. The number of ether oxygens (including phenoxy) is 1. The maximum absolute atomic E-state index is 12.2. The molecule has 2 amide bonds. The van der Waals surface area contributed by atoms with Gasteiger partial charge in [0.1, 0.15) is 9.88 Å². The molecule has 1 aromatic heterocycles. The molecule has 0 spiro atoms. The summed E-state index contributed by atoms with van der Waals surface area (Å²) >= 11 is 1.36. The molecule has 2 aliphatic rings. The van der Waals surface area contributed by atoms with Gasteiger partial charge in [0.05, 0.1) is 18.3 Å². The van der Waals surface area contributed by atoms with Crippen molar-refractivity contribution in [3.63, 3.8) is 0 Å². The molecule has 1 aliphatic heterocycles. The Balaban J connectivity index is 1.82. The van der Waals surface area contributed by atoms with Gasteiger partial charge >= 0.3 is 12.0 Å². The standard InChI is InChI=1S/C15H21N3O3S/c1-3-21-14(19)12-9(2)17-13(22-12)11-6-7-16-15(20)18(11)8-10-4-5-10/h10-11H,3-8H2,1-2H3,(H,16,20). The van der Waals surface area contributed by atoms with Gasteiger partial charge in [0.25, 0.3) is 0 Å². The van der Waals surface area contributed by atoms with Gasteiger partial charge in [-0.1, -0.05) is 0 Å². The second kappa shape index (κ2) is 6.24. The van der Waals surface area contributed by atoms with E-state index < -0.39 is 0 Å². The predicted molar refractivity (Wildman–Crippen MR) is 83.0 cm³/mol. The number of carbonyl (C=O) groups is 2. The molecule has 0 aromatic carbocycles. The molecule has 22 heavy (non-hydrogen) atoms. The third kappa shape index (κ3) is 3.09. The lowest BCUT2D eigenvalue weighted by atomic mass is 10.1. The Labute approximate surface area is 133 Å². The molecule has 120 valence electrons. The highest BCUT2D eigenvalue weighted by molar-refractivity contribution is 7.13. The van der Waals surface area contributed by atoms with E-state index in [4.69, 9.17) is 4.74 Å².